The SMILES string of the molecule is NC(N)=NC(N)=Nc1ccc(S(=O)(=O)Nc2ccon2)cc1. The Balaban J connectivity index is 2.20. The highest BCUT2D eigenvalue weighted by molar-refractivity contribution is 7.92. The van der Waals surface area contributed by atoms with Crippen LogP contribution < -0.4 is 21.9 Å². The lowest BCUT2D eigenvalue weighted by atomic mass is 10.3. The Kier molecular flexibility index (Phi) is 4.27. The molecule has 2 rings (SSSR count). The fourth-order valence-corrected chi connectivity index (χ4v) is 2.44. The van der Waals surface area contributed by atoms with E-state index in [0.717, 1.165) is 0 Å². The fraction of sp³-hybridized carbons (Fsp3) is 0. The number of aromatic nitrogens is 1. The number of sulfonamides is 1. The first kappa shape index (κ1) is 15.3. The molecule has 11 heteroatoms. The van der Waals surface area contributed by atoms with E-state index in [4.69, 9.17) is 17.2 Å². The van der Waals surface area contributed by atoms with Gasteiger partial charge in [-0.1, -0.05) is 5.16 Å². The number of hydrogen-bond donors (Lipinski definition) is 4. The number of guanidine groups is 2. The van der Waals surface area contributed by atoms with E-state index in [1.807, 2.05) is 0 Å². The quantitative estimate of drug-likeness (QED) is 0.440. The first-order chi connectivity index (χ1) is 10.4. The summed E-state index contributed by atoms with van der Waals surface area (Å²) in [4.78, 5) is 7.47. The monoisotopic (exact) mass is 323 g/mol. The third kappa shape index (κ3) is 3.96. The van der Waals surface area contributed by atoms with Crippen LogP contribution in [0.2, 0.25) is 0 Å². The summed E-state index contributed by atoms with van der Waals surface area (Å²) in [5.41, 5.74) is 16.2. The van der Waals surface area contributed by atoms with E-state index in [1.165, 1.54) is 36.6 Å². The highest BCUT2D eigenvalue weighted by Gasteiger charge is 2.15. The highest BCUT2D eigenvalue weighted by Crippen LogP contribution is 2.18. The molecule has 10 nitrogen and oxygen atoms in total. The molecule has 0 bridgehead atoms. The molecule has 2 aromatic rings. The van der Waals surface area contributed by atoms with Gasteiger partial charge >= 0.3 is 0 Å². The summed E-state index contributed by atoms with van der Waals surface area (Å²) in [6.45, 7) is 0. The van der Waals surface area contributed by atoms with Crippen LogP contribution in [-0.4, -0.2) is 25.5 Å². The Morgan fingerprint density at radius 2 is 1.82 bits per heavy atom. The highest BCUT2D eigenvalue weighted by atomic mass is 32.2. The molecule has 0 saturated carbocycles. The molecule has 0 aliphatic heterocycles. The van der Waals surface area contributed by atoms with Crippen LogP contribution in [0.4, 0.5) is 11.5 Å². The molecule has 1 aromatic heterocycles. The minimum Gasteiger partial charge on any atom is -0.370 e. The smallest absolute Gasteiger partial charge is 0.263 e. The molecule has 0 amide bonds. The van der Waals surface area contributed by atoms with Gasteiger partial charge in [-0.2, -0.15) is 4.99 Å². The molecular weight excluding hydrogens is 310 g/mol. The molecule has 0 aliphatic rings. The molecule has 0 radical (unpaired) electrons. The summed E-state index contributed by atoms with van der Waals surface area (Å²) in [7, 11) is -3.77. The van der Waals surface area contributed by atoms with Crippen LogP contribution in [0.25, 0.3) is 0 Å². The zero-order valence-corrected chi connectivity index (χ0v) is 12.0. The van der Waals surface area contributed by atoms with Crippen LogP contribution in [0.5, 0.6) is 0 Å². The van der Waals surface area contributed by atoms with E-state index in [9.17, 15) is 8.42 Å². The van der Waals surface area contributed by atoms with Crippen molar-refractivity contribution >= 4 is 33.4 Å². The maximum Gasteiger partial charge on any atom is 0.263 e. The van der Waals surface area contributed by atoms with Crippen molar-refractivity contribution in [3.63, 3.8) is 0 Å². The lowest BCUT2D eigenvalue weighted by Gasteiger charge is -2.05. The Bertz CT molecular complexity index is 791. The number of nitrogens with one attached hydrogen (secondary N) is 1. The fourth-order valence-electron chi connectivity index (χ4n) is 1.45. The topological polar surface area (TPSA) is 175 Å². The molecule has 0 fully saturated rings. The molecule has 0 atom stereocenters. The van der Waals surface area contributed by atoms with Crippen molar-refractivity contribution < 1.29 is 12.9 Å². The summed E-state index contributed by atoms with van der Waals surface area (Å²) in [5, 5.41) is 3.47. The zero-order valence-electron chi connectivity index (χ0n) is 11.2. The van der Waals surface area contributed by atoms with Crippen molar-refractivity contribution in [2.75, 3.05) is 4.72 Å². The van der Waals surface area contributed by atoms with Crippen LogP contribution >= 0.6 is 0 Å². The second-order valence-corrected chi connectivity index (χ2v) is 5.67. The van der Waals surface area contributed by atoms with Crippen LogP contribution in [-0.2, 0) is 10.0 Å². The number of rotatable bonds is 4. The number of anilines is 1. The Hall–Kier alpha value is -3.08. The van der Waals surface area contributed by atoms with Gasteiger partial charge in [0.1, 0.15) is 6.26 Å². The average molecular weight is 323 g/mol. The van der Waals surface area contributed by atoms with Gasteiger partial charge in [0.2, 0.25) is 5.96 Å². The van der Waals surface area contributed by atoms with E-state index in [-0.39, 0.29) is 22.6 Å². The molecule has 0 aliphatic carbocycles. The number of aliphatic imine (C=N–C) groups is 2. The maximum atomic E-state index is 12.1. The van der Waals surface area contributed by atoms with E-state index in [1.54, 1.807) is 0 Å². The molecule has 1 aromatic carbocycles. The van der Waals surface area contributed by atoms with Gasteiger partial charge in [-0.25, -0.2) is 13.4 Å². The van der Waals surface area contributed by atoms with Gasteiger partial charge in [0.15, 0.2) is 11.8 Å². The number of nitrogens with zero attached hydrogens (tertiary/aromatic N) is 3. The van der Waals surface area contributed by atoms with Crippen LogP contribution in [0.1, 0.15) is 0 Å². The van der Waals surface area contributed by atoms with E-state index in [0.29, 0.717) is 5.69 Å². The minimum absolute atomic E-state index is 0.0230. The van der Waals surface area contributed by atoms with Crippen molar-refractivity contribution in [3.8, 4) is 0 Å². The van der Waals surface area contributed by atoms with Gasteiger partial charge in [-0.15, -0.1) is 0 Å². The summed E-state index contributed by atoms with van der Waals surface area (Å²) in [6, 6.07) is 6.99. The number of hydrogen-bond acceptors (Lipinski definition) is 5. The van der Waals surface area contributed by atoms with Crippen molar-refractivity contribution in [1.29, 1.82) is 0 Å². The number of nitrogens with two attached hydrogens (primary N) is 3. The van der Waals surface area contributed by atoms with Crippen LogP contribution in [0.3, 0.4) is 0 Å². The third-order valence-electron chi connectivity index (χ3n) is 2.31. The predicted octanol–water partition coefficient (Wildman–Crippen LogP) is -0.305. The lowest BCUT2D eigenvalue weighted by Crippen LogP contribution is -2.26. The molecular formula is C11H13N7O3S. The van der Waals surface area contributed by atoms with E-state index in [2.05, 4.69) is 24.4 Å². The van der Waals surface area contributed by atoms with Crippen LogP contribution in [0, 0.1) is 0 Å². The van der Waals surface area contributed by atoms with E-state index < -0.39 is 10.0 Å². The van der Waals surface area contributed by atoms with Gasteiger partial charge in [0, 0.05) is 6.07 Å². The molecule has 22 heavy (non-hydrogen) atoms. The van der Waals surface area contributed by atoms with Crippen molar-refractivity contribution in [1.82, 2.24) is 5.16 Å². The Morgan fingerprint density at radius 1 is 1.14 bits per heavy atom. The summed E-state index contributed by atoms with van der Waals surface area (Å²) in [6.07, 6.45) is 1.25. The normalized spacial score (nSPS) is 11.9. The second-order valence-electron chi connectivity index (χ2n) is 3.99. The predicted molar refractivity (Wildman–Crippen MR) is 80.8 cm³/mol. The summed E-state index contributed by atoms with van der Waals surface area (Å²) in [5.74, 6) is -0.285. The van der Waals surface area contributed by atoms with Gasteiger partial charge in [-0.3, -0.25) is 4.72 Å². The second kappa shape index (κ2) is 6.13. The van der Waals surface area contributed by atoms with Gasteiger partial charge in [-0.05, 0) is 24.3 Å². The Morgan fingerprint density at radius 3 is 2.36 bits per heavy atom. The van der Waals surface area contributed by atoms with E-state index >= 15 is 0 Å². The van der Waals surface area contributed by atoms with Gasteiger partial charge in [0.05, 0.1) is 10.6 Å². The minimum atomic E-state index is -3.77. The van der Waals surface area contributed by atoms with Crippen LogP contribution in [0.15, 0.2) is 56.0 Å². The molecule has 0 spiro atoms. The molecule has 116 valence electrons. The van der Waals surface area contributed by atoms with Crippen molar-refractivity contribution in [2.45, 2.75) is 4.90 Å². The van der Waals surface area contributed by atoms with Crippen molar-refractivity contribution in [2.24, 2.45) is 27.2 Å². The van der Waals surface area contributed by atoms with Crippen molar-refractivity contribution in [3.05, 3.63) is 36.6 Å². The van der Waals surface area contributed by atoms with Gasteiger partial charge < -0.3 is 21.7 Å². The maximum absolute atomic E-state index is 12.1. The third-order valence-corrected chi connectivity index (χ3v) is 3.68. The molecule has 7 N–H and O–H groups in total. The van der Waals surface area contributed by atoms with Gasteiger partial charge in [0.25, 0.3) is 10.0 Å². The lowest BCUT2D eigenvalue weighted by molar-refractivity contribution is 0.423. The molecule has 1 heterocycles. The first-order valence-corrected chi connectivity index (χ1v) is 7.32. The standard InChI is InChI=1S/C11H13N7O3S/c12-10(13)16-11(14)15-7-1-3-8(4-2-7)22(19,20)18-9-5-6-21-17-9/h1-6H,(H,17,18)(H6,12,13,14,15,16). The molecule has 0 unspecified atom stereocenters. The Labute approximate surface area is 125 Å². The number of benzene rings is 1. The molecule has 0 saturated heterocycles. The average Bonchev–Trinajstić information content (AvgIpc) is 2.90. The summed E-state index contributed by atoms with van der Waals surface area (Å²) >= 11 is 0. The summed E-state index contributed by atoms with van der Waals surface area (Å²) < 4.78 is 30.9. The first-order valence-electron chi connectivity index (χ1n) is 5.84. The zero-order chi connectivity index (χ0) is 16.2. The largest absolute Gasteiger partial charge is 0.370 e.